The van der Waals surface area contributed by atoms with Gasteiger partial charge in [-0.2, -0.15) is 0 Å². The van der Waals surface area contributed by atoms with Gasteiger partial charge in [-0.1, -0.05) is 29.8 Å². The van der Waals surface area contributed by atoms with E-state index in [9.17, 15) is 19.1 Å². The summed E-state index contributed by atoms with van der Waals surface area (Å²) in [5.74, 6) is -0.772. The number of nitrogens with zero attached hydrogens (tertiary/aromatic N) is 2. The molecule has 0 fully saturated rings. The maximum absolute atomic E-state index is 13.7. The monoisotopic (exact) mass is 415 g/mol. The number of aromatic nitrogens is 2. The van der Waals surface area contributed by atoms with Crippen molar-refractivity contribution in [2.45, 2.75) is 19.9 Å². The molecule has 0 saturated carbocycles. The minimum atomic E-state index is -0.483. The van der Waals surface area contributed by atoms with Crippen molar-refractivity contribution in [3.8, 4) is 11.4 Å². The van der Waals surface area contributed by atoms with Crippen LogP contribution in [0.1, 0.15) is 11.3 Å². The first-order chi connectivity index (χ1) is 13.9. The predicted octanol–water partition coefficient (Wildman–Crippen LogP) is 3.18. The highest BCUT2D eigenvalue weighted by Gasteiger charge is 2.18. The van der Waals surface area contributed by atoms with E-state index in [1.807, 2.05) is 0 Å². The number of aliphatic hydroxyl groups excluding tert-OH is 1. The van der Waals surface area contributed by atoms with Crippen LogP contribution in [-0.4, -0.2) is 27.2 Å². The number of benzene rings is 2. The molecule has 150 valence electrons. The zero-order valence-corrected chi connectivity index (χ0v) is 16.4. The van der Waals surface area contributed by atoms with E-state index >= 15 is 0 Å². The number of halogens is 2. The number of amides is 1. The van der Waals surface area contributed by atoms with Crippen molar-refractivity contribution in [2.75, 3.05) is 11.9 Å². The van der Waals surface area contributed by atoms with Gasteiger partial charge in [0.25, 0.3) is 5.56 Å². The molecule has 0 atom stereocenters. The second kappa shape index (κ2) is 8.98. The van der Waals surface area contributed by atoms with Gasteiger partial charge in [0.1, 0.15) is 18.2 Å². The number of nitrogens with one attached hydrogen (secondary N) is 1. The van der Waals surface area contributed by atoms with Crippen molar-refractivity contribution < 1.29 is 14.3 Å². The molecule has 29 heavy (non-hydrogen) atoms. The summed E-state index contributed by atoms with van der Waals surface area (Å²) in [5, 5.41) is 12.4. The first-order valence-electron chi connectivity index (χ1n) is 8.91. The van der Waals surface area contributed by atoms with Crippen LogP contribution in [0.25, 0.3) is 11.4 Å². The lowest BCUT2D eigenvalue weighted by atomic mass is 10.1. The molecule has 0 aliphatic rings. The quantitative estimate of drug-likeness (QED) is 0.647. The molecule has 0 aliphatic heterocycles. The Hall–Kier alpha value is -3.03. The van der Waals surface area contributed by atoms with E-state index in [1.165, 1.54) is 22.8 Å². The molecule has 0 aliphatic carbocycles. The first kappa shape index (κ1) is 20.7. The van der Waals surface area contributed by atoms with Gasteiger partial charge in [-0.25, -0.2) is 9.37 Å². The molecule has 0 spiro atoms. The van der Waals surface area contributed by atoms with E-state index in [4.69, 9.17) is 11.6 Å². The third-order valence-electron chi connectivity index (χ3n) is 4.32. The second-order valence-corrected chi connectivity index (χ2v) is 6.87. The zero-order valence-electron chi connectivity index (χ0n) is 15.7. The van der Waals surface area contributed by atoms with Gasteiger partial charge in [0, 0.05) is 40.6 Å². The molecule has 0 radical (unpaired) electrons. The zero-order chi connectivity index (χ0) is 21.0. The van der Waals surface area contributed by atoms with E-state index in [1.54, 1.807) is 37.3 Å². The molecule has 0 saturated heterocycles. The summed E-state index contributed by atoms with van der Waals surface area (Å²) in [6, 6.07) is 12.3. The van der Waals surface area contributed by atoms with Crippen LogP contribution in [-0.2, 0) is 17.8 Å². The highest BCUT2D eigenvalue weighted by molar-refractivity contribution is 6.30. The van der Waals surface area contributed by atoms with Gasteiger partial charge in [0.05, 0.1) is 0 Å². The fraction of sp³-hybridized carbons (Fsp3) is 0.190. The number of rotatable bonds is 6. The van der Waals surface area contributed by atoms with Crippen molar-refractivity contribution in [1.29, 1.82) is 0 Å². The molecule has 2 aromatic carbocycles. The molecule has 0 bridgehead atoms. The van der Waals surface area contributed by atoms with Crippen LogP contribution in [0.5, 0.6) is 0 Å². The fourth-order valence-electron chi connectivity index (χ4n) is 3.01. The number of hydrogen-bond acceptors (Lipinski definition) is 4. The summed E-state index contributed by atoms with van der Waals surface area (Å²) in [4.78, 5) is 30.0. The van der Waals surface area contributed by atoms with Gasteiger partial charge in [0.15, 0.2) is 0 Å². The van der Waals surface area contributed by atoms with E-state index in [0.29, 0.717) is 27.5 Å². The summed E-state index contributed by atoms with van der Waals surface area (Å²) in [6.07, 6.45) is 0.108. The highest BCUT2D eigenvalue weighted by atomic mass is 35.5. The van der Waals surface area contributed by atoms with E-state index in [0.717, 1.165) is 0 Å². The lowest BCUT2D eigenvalue weighted by Crippen LogP contribution is -2.33. The average Bonchev–Trinajstić information content (AvgIpc) is 2.67. The van der Waals surface area contributed by atoms with Gasteiger partial charge >= 0.3 is 0 Å². The largest absolute Gasteiger partial charge is 0.396 e. The Labute approximate surface area is 171 Å². The van der Waals surface area contributed by atoms with Crippen LogP contribution in [0.3, 0.4) is 0 Å². The molecule has 8 heteroatoms. The normalized spacial score (nSPS) is 10.8. The van der Waals surface area contributed by atoms with E-state index in [2.05, 4.69) is 10.3 Å². The molecule has 2 N–H and O–H groups in total. The Morgan fingerprint density at radius 1 is 1.24 bits per heavy atom. The smallest absolute Gasteiger partial charge is 0.257 e. The van der Waals surface area contributed by atoms with E-state index < -0.39 is 17.3 Å². The Morgan fingerprint density at radius 3 is 2.69 bits per heavy atom. The Morgan fingerprint density at radius 2 is 2.00 bits per heavy atom. The number of aryl methyl sites for hydroxylation is 1. The van der Waals surface area contributed by atoms with Crippen molar-refractivity contribution in [2.24, 2.45) is 0 Å². The van der Waals surface area contributed by atoms with Crippen LogP contribution < -0.4 is 10.9 Å². The molecule has 3 aromatic rings. The minimum Gasteiger partial charge on any atom is -0.396 e. The fourth-order valence-corrected chi connectivity index (χ4v) is 3.20. The molecule has 1 amide bonds. The van der Waals surface area contributed by atoms with Gasteiger partial charge < -0.3 is 10.4 Å². The van der Waals surface area contributed by atoms with Crippen molar-refractivity contribution in [3.63, 3.8) is 0 Å². The summed E-state index contributed by atoms with van der Waals surface area (Å²) in [5.41, 5.74) is 1.14. The van der Waals surface area contributed by atoms with Crippen molar-refractivity contribution in [1.82, 2.24) is 9.55 Å². The van der Waals surface area contributed by atoms with Crippen molar-refractivity contribution >= 4 is 23.2 Å². The maximum atomic E-state index is 13.7. The number of carbonyl (C=O) groups is 1. The van der Waals surface area contributed by atoms with Gasteiger partial charge in [0.2, 0.25) is 5.91 Å². The summed E-state index contributed by atoms with van der Waals surface area (Å²) < 4.78 is 14.9. The Kier molecular flexibility index (Phi) is 6.41. The average molecular weight is 416 g/mol. The molecule has 0 unspecified atom stereocenters. The number of hydrogen-bond donors (Lipinski definition) is 2. The third kappa shape index (κ3) is 4.88. The predicted molar refractivity (Wildman–Crippen MR) is 109 cm³/mol. The van der Waals surface area contributed by atoms with Crippen LogP contribution in [0.2, 0.25) is 5.02 Å². The molecular formula is C21H19ClFN3O3. The van der Waals surface area contributed by atoms with Gasteiger partial charge in [-0.3, -0.25) is 14.2 Å². The minimum absolute atomic E-state index is 0.108. The molecular weight excluding hydrogens is 397 g/mol. The lowest BCUT2D eigenvalue weighted by Gasteiger charge is -2.16. The molecule has 6 nitrogen and oxygen atoms in total. The lowest BCUT2D eigenvalue weighted by molar-refractivity contribution is -0.116. The summed E-state index contributed by atoms with van der Waals surface area (Å²) >= 11 is 5.93. The number of aliphatic hydroxyl groups is 1. The highest BCUT2D eigenvalue weighted by Crippen LogP contribution is 2.19. The van der Waals surface area contributed by atoms with Crippen LogP contribution >= 0.6 is 11.6 Å². The van der Waals surface area contributed by atoms with E-state index in [-0.39, 0.29) is 25.4 Å². The molecule has 1 heterocycles. The maximum Gasteiger partial charge on any atom is 0.257 e. The Balaban J connectivity index is 2.03. The number of anilines is 1. The summed E-state index contributed by atoms with van der Waals surface area (Å²) in [6.45, 7) is 1.08. The van der Waals surface area contributed by atoms with Crippen LogP contribution in [0.4, 0.5) is 10.1 Å². The van der Waals surface area contributed by atoms with Gasteiger partial charge in [-0.05, 0) is 37.3 Å². The SMILES string of the molecule is Cc1nc(-c2cccc(F)c2)n(CC(=O)Nc2cccc(Cl)c2)c(=O)c1CCO. The summed E-state index contributed by atoms with van der Waals surface area (Å²) in [7, 11) is 0. The van der Waals surface area contributed by atoms with Crippen LogP contribution in [0, 0.1) is 12.7 Å². The first-order valence-corrected chi connectivity index (χ1v) is 9.29. The molecule has 3 rings (SSSR count). The topological polar surface area (TPSA) is 84.2 Å². The third-order valence-corrected chi connectivity index (χ3v) is 4.56. The van der Waals surface area contributed by atoms with Crippen molar-refractivity contribution in [3.05, 3.63) is 81.0 Å². The number of carbonyl (C=O) groups excluding carboxylic acids is 1. The Bertz CT molecular complexity index is 1110. The standard InChI is InChI=1S/C21H19ClFN3O3/c1-13-18(8-9-27)21(29)26(20(24-13)14-4-2-6-16(23)10-14)12-19(28)25-17-7-3-5-15(22)11-17/h2-7,10-11,27H,8-9,12H2,1H3,(H,25,28). The second-order valence-electron chi connectivity index (χ2n) is 6.43. The van der Waals surface area contributed by atoms with Crippen LogP contribution in [0.15, 0.2) is 53.3 Å². The molecule has 1 aromatic heterocycles. The van der Waals surface area contributed by atoms with Gasteiger partial charge in [-0.15, -0.1) is 0 Å².